The lowest BCUT2D eigenvalue weighted by molar-refractivity contribution is 0.316. The molecule has 15 heavy (non-hydrogen) atoms. The Balaban J connectivity index is 2.53. The van der Waals surface area contributed by atoms with Gasteiger partial charge < -0.3 is 5.21 Å². The van der Waals surface area contributed by atoms with Crippen molar-refractivity contribution in [3.63, 3.8) is 0 Å². The van der Waals surface area contributed by atoms with Crippen LogP contribution in [-0.4, -0.2) is 15.9 Å². The highest BCUT2D eigenvalue weighted by Gasteiger charge is 2.13. The third kappa shape index (κ3) is 1.85. The molecule has 78 valence electrons. The largest absolute Gasteiger partial charge is 0.411 e. The van der Waals surface area contributed by atoms with E-state index in [9.17, 15) is 0 Å². The predicted molar refractivity (Wildman–Crippen MR) is 62.8 cm³/mol. The molecule has 1 aromatic heterocycles. The summed E-state index contributed by atoms with van der Waals surface area (Å²) in [7, 11) is 0. The van der Waals surface area contributed by atoms with Gasteiger partial charge in [0.05, 0.1) is 10.2 Å². The Morgan fingerprint density at radius 3 is 2.73 bits per heavy atom. The summed E-state index contributed by atoms with van der Waals surface area (Å²) in [6, 6.07) is 7.92. The van der Waals surface area contributed by atoms with Gasteiger partial charge in [-0.3, -0.25) is 0 Å². The third-order valence-electron chi connectivity index (χ3n) is 2.17. The van der Waals surface area contributed by atoms with Gasteiger partial charge in [0.25, 0.3) is 0 Å². The zero-order valence-corrected chi connectivity index (χ0v) is 9.45. The lowest BCUT2D eigenvalue weighted by Crippen LogP contribution is -2.08. The number of fused-ring (bicyclic) bond motifs is 1. The van der Waals surface area contributed by atoms with Crippen molar-refractivity contribution in [2.45, 2.75) is 13.8 Å². The lowest BCUT2D eigenvalue weighted by atomic mass is 10.1. The monoisotopic (exact) mass is 220 g/mol. The van der Waals surface area contributed by atoms with Crippen LogP contribution in [0.3, 0.4) is 0 Å². The maximum atomic E-state index is 8.93. The van der Waals surface area contributed by atoms with E-state index in [1.54, 1.807) is 11.3 Å². The Bertz CT molecular complexity index is 469. The minimum Gasteiger partial charge on any atom is -0.411 e. The number of benzene rings is 1. The fourth-order valence-electron chi connectivity index (χ4n) is 1.39. The van der Waals surface area contributed by atoms with Crippen LogP contribution in [0.4, 0.5) is 0 Å². The van der Waals surface area contributed by atoms with Crippen molar-refractivity contribution in [2.24, 2.45) is 11.1 Å². The van der Waals surface area contributed by atoms with Crippen LogP contribution < -0.4 is 0 Å². The lowest BCUT2D eigenvalue weighted by Gasteiger charge is -2.02. The van der Waals surface area contributed by atoms with Crippen LogP contribution in [0.15, 0.2) is 29.4 Å². The molecule has 0 radical (unpaired) electrons. The fraction of sp³-hybridized carbons (Fsp3) is 0.273. The molecule has 0 atom stereocenters. The molecule has 1 N–H and O–H groups in total. The molecule has 0 bridgehead atoms. The molecule has 0 fully saturated rings. The van der Waals surface area contributed by atoms with Crippen LogP contribution in [0.5, 0.6) is 0 Å². The molecule has 0 saturated carbocycles. The molecule has 0 amide bonds. The van der Waals surface area contributed by atoms with E-state index in [4.69, 9.17) is 5.21 Å². The fourth-order valence-corrected chi connectivity index (χ4v) is 2.49. The van der Waals surface area contributed by atoms with Gasteiger partial charge in [0.2, 0.25) is 0 Å². The van der Waals surface area contributed by atoms with Gasteiger partial charge in [-0.1, -0.05) is 31.1 Å². The van der Waals surface area contributed by atoms with Crippen molar-refractivity contribution >= 4 is 27.3 Å². The summed E-state index contributed by atoms with van der Waals surface area (Å²) in [5.41, 5.74) is 1.61. The van der Waals surface area contributed by atoms with Crippen LogP contribution in [0.25, 0.3) is 10.2 Å². The first-order valence-electron chi connectivity index (χ1n) is 4.80. The van der Waals surface area contributed by atoms with Gasteiger partial charge in [0.1, 0.15) is 10.7 Å². The van der Waals surface area contributed by atoms with E-state index in [0.29, 0.717) is 5.71 Å². The molecule has 1 aromatic carbocycles. The van der Waals surface area contributed by atoms with E-state index in [-0.39, 0.29) is 5.92 Å². The molecule has 3 nitrogen and oxygen atoms in total. The van der Waals surface area contributed by atoms with Gasteiger partial charge in [0.15, 0.2) is 0 Å². The standard InChI is InChI=1S/C11H12N2OS/c1-7(2)10(13-14)11-12-8-5-3-4-6-9(8)15-11/h3-7,14H,1-2H3/b13-10-. The summed E-state index contributed by atoms with van der Waals surface area (Å²) >= 11 is 1.56. The smallest absolute Gasteiger partial charge is 0.142 e. The van der Waals surface area contributed by atoms with Crippen molar-refractivity contribution in [3.05, 3.63) is 29.3 Å². The van der Waals surface area contributed by atoms with E-state index in [1.807, 2.05) is 38.1 Å². The highest BCUT2D eigenvalue weighted by Crippen LogP contribution is 2.23. The molecular formula is C11H12N2OS. The molecular weight excluding hydrogens is 208 g/mol. The van der Waals surface area contributed by atoms with E-state index in [2.05, 4.69) is 10.1 Å². The van der Waals surface area contributed by atoms with Gasteiger partial charge in [0, 0.05) is 5.92 Å². The number of para-hydroxylation sites is 1. The number of oxime groups is 1. The summed E-state index contributed by atoms with van der Waals surface area (Å²) < 4.78 is 1.12. The second kappa shape index (κ2) is 3.98. The maximum Gasteiger partial charge on any atom is 0.142 e. The first-order valence-corrected chi connectivity index (χ1v) is 5.62. The van der Waals surface area contributed by atoms with Crippen molar-refractivity contribution < 1.29 is 5.21 Å². The Kier molecular flexibility index (Phi) is 2.68. The van der Waals surface area contributed by atoms with Gasteiger partial charge in [-0.15, -0.1) is 11.3 Å². The predicted octanol–water partition coefficient (Wildman–Crippen LogP) is 3.13. The molecule has 0 aliphatic carbocycles. The Hall–Kier alpha value is -1.42. The summed E-state index contributed by atoms with van der Waals surface area (Å²) in [6.45, 7) is 3.97. The minimum absolute atomic E-state index is 0.176. The first kappa shape index (κ1) is 10.1. The van der Waals surface area contributed by atoms with Crippen LogP contribution >= 0.6 is 11.3 Å². The van der Waals surface area contributed by atoms with E-state index in [1.165, 1.54) is 0 Å². The molecule has 4 heteroatoms. The molecule has 0 unspecified atom stereocenters. The zero-order valence-electron chi connectivity index (χ0n) is 8.64. The van der Waals surface area contributed by atoms with Crippen LogP contribution in [-0.2, 0) is 0 Å². The van der Waals surface area contributed by atoms with Crippen LogP contribution in [0, 0.1) is 5.92 Å². The summed E-state index contributed by atoms with van der Waals surface area (Å²) in [5, 5.41) is 13.0. The first-order chi connectivity index (χ1) is 7.22. The second-order valence-electron chi connectivity index (χ2n) is 3.63. The highest BCUT2D eigenvalue weighted by molar-refractivity contribution is 7.20. The number of thiazole rings is 1. The number of hydrogen-bond acceptors (Lipinski definition) is 4. The van der Waals surface area contributed by atoms with Gasteiger partial charge in [-0.05, 0) is 12.1 Å². The summed E-state index contributed by atoms with van der Waals surface area (Å²) in [5.74, 6) is 0.176. The molecule has 0 aliphatic heterocycles. The van der Waals surface area contributed by atoms with Crippen molar-refractivity contribution in [1.29, 1.82) is 0 Å². The molecule has 0 spiro atoms. The number of nitrogens with zero attached hydrogens (tertiary/aromatic N) is 2. The van der Waals surface area contributed by atoms with Crippen LogP contribution in [0.1, 0.15) is 18.9 Å². The average Bonchev–Trinajstić information content (AvgIpc) is 2.61. The Morgan fingerprint density at radius 2 is 2.13 bits per heavy atom. The number of hydrogen-bond donors (Lipinski definition) is 1. The SMILES string of the molecule is CC(C)/C(=N/O)c1nc2ccccc2s1. The molecule has 2 rings (SSSR count). The zero-order chi connectivity index (χ0) is 10.8. The highest BCUT2D eigenvalue weighted by atomic mass is 32.1. The van der Waals surface area contributed by atoms with Gasteiger partial charge in [-0.25, -0.2) is 4.98 Å². The summed E-state index contributed by atoms with van der Waals surface area (Å²) in [6.07, 6.45) is 0. The average molecular weight is 220 g/mol. The number of aromatic nitrogens is 1. The quantitative estimate of drug-likeness (QED) is 0.480. The second-order valence-corrected chi connectivity index (χ2v) is 4.66. The normalized spacial score (nSPS) is 12.6. The Labute approximate surface area is 92.1 Å². The van der Waals surface area contributed by atoms with Gasteiger partial charge in [-0.2, -0.15) is 0 Å². The topological polar surface area (TPSA) is 45.5 Å². The van der Waals surface area contributed by atoms with E-state index in [0.717, 1.165) is 15.2 Å². The van der Waals surface area contributed by atoms with E-state index < -0.39 is 0 Å². The molecule has 1 heterocycles. The maximum absolute atomic E-state index is 8.93. The molecule has 0 aliphatic rings. The molecule has 2 aromatic rings. The number of rotatable bonds is 2. The van der Waals surface area contributed by atoms with Crippen molar-refractivity contribution in [3.8, 4) is 0 Å². The molecule has 0 saturated heterocycles. The summed E-state index contributed by atoms with van der Waals surface area (Å²) in [4.78, 5) is 4.43. The van der Waals surface area contributed by atoms with Gasteiger partial charge >= 0.3 is 0 Å². The van der Waals surface area contributed by atoms with Crippen molar-refractivity contribution in [1.82, 2.24) is 4.98 Å². The van der Waals surface area contributed by atoms with Crippen molar-refractivity contribution in [2.75, 3.05) is 0 Å². The van der Waals surface area contributed by atoms with E-state index >= 15 is 0 Å². The minimum atomic E-state index is 0.176. The van der Waals surface area contributed by atoms with Crippen LogP contribution in [0.2, 0.25) is 0 Å². The third-order valence-corrected chi connectivity index (χ3v) is 3.23. The Morgan fingerprint density at radius 1 is 1.40 bits per heavy atom.